The number of ether oxygens (including phenoxy) is 3. The normalized spacial score (nSPS) is 14.3. The Labute approximate surface area is 110 Å². The van der Waals surface area contributed by atoms with Crippen LogP contribution in [0.5, 0.6) is 0 Å². The van der Waals surface area contributed by atoms with Crippen molar-refractivity contribution < 1.29 is 19.0 Å². The molecule has 0 aromatic heterocycles. The second kappa shape index (κ2) is 9.11. The summed E-state index contributed by atoms with van der Waals surface area (Å²) in [7, 11) is 0. The lowest BCUT2D eigenvalue weighted by molar-refractivity contribution is -0.148. The predicted molar refractivity (Wildman–Crippen MR) is 71.5 cm³/mol. The first-order valence-electron chi connectivity index (χ1n) is 6.46. The van der Waals surface area contributed by atoms with Crippen LogP contribution >= 0.6 is 0 Å². The molecule has 0 aliphatic rings. The third kappa shape index (κ3) is 8.25. The van der Waals surface area contributed by atoms with Gasteiger partial charge in [0.05, 0.1) is 18.8 Å². The number of rotatable bonds is 9. The molecule has 0 heterocycles. The summed E-state index contributed by atoms with van der Waals surface area (Å²) in [5.74, 6) is -0.391. The summed E-state index contributed by atoms with van der Waals surface area (Å²) in [5.41, 5.74) is 0.391. The lowest BCUT2D eigenvalue weighted by atomic mass is 10.3. The molecule has 0 aliphatic carbocycles. The van der Waals surface area contributed by atoms with Gasteiger partial charge in [0, 0.05) is 5.57 Å². The second-order valence-electron chi connectivity index (χ2n) is 4.74. The van der Waals surface area contributed by atoms with Crippen LogP contribution in [0.3, 0.4) is 0 Å². The quantitative estimate of drug-likeness (QED) is 0.471. The van der Waals surface area contributed by atoms with Gasteiger partial charge in [-0.1, -0.05) is 13.5 Å². The highest BCUT2D eigenvalue weighted by atomic mass is 16.6. The first-order valence-corrected chi connectivity index (χ1v) is 6.46. The van der Waals surface area contributed by atoms with E-state index < -0.39 is 5.97 Å². The van der Waals surface area contributed by atoms with Crippen LogP contribution in [0.4, 0.5) is 0 Å². The van der Waals surface area contributed by atoms with Crippen LogP contribution in [0, 0.1) is 0 Å². The molecule has 0 N–H and O–H groups in total. The van der Waals surface area contributed by atoms with Gasteiger partial charge in [-0.3, -0.25) is 0 Å². The highest BCUT2D eigenvalue weighted by Crippen LogP contribution is 2.06. The Balaban J connectivity index is 4.19. The highest BCUT2D eigenvalue weighted by Gasteiger charge is 2.16. The number of hydrogen-bond acceptors (Lipinski definition) is 4. The number of hydrogen-bond donors (Lipinski definition) is 0. The van der Waals surface area contributed by atoms with Crippen LogP contribution in [-0.4, -0.2) is 37.5 Å². The summed E-state index contributed by atoms with van der Waals surface area (Å²) >= 11 is 0. The van der Waals surface area contributed by atoms with Crippen molar-refractivity contribution in [2.45, 2.75) is 59.4 Å². The second-order valence-corrected chi connectivity index (χ2v) is 4.74. The molecular weight excluding hydrogens is 232 g/mol. The van der Waals surface area contributed by atoms with Crippen LogP contribution in [0.15, 0.2) is 12.2 Å². The van der Waals surface area contributed by atoms with Gasteiger partial charge in [0.15, 0.2) is 0 Å². The minimum absolute atomic E-state index is 0.120. The van der Waals surface area contributed by atoms with Gasteiger partial charge >= 0.3 is 5.97 Å². The predicted octanol–water partition coefficient (Wildman–Crippen LogP) is 2.71. The summed E-state index contributed by atoms with van der Waals surface area (Å²) in [5, 5.41) is 0. The summed E-state index contributed by atoms with van der Waals surface area (Å²) in [6, 6.07) is 0. The zero-order chi connectivity index (χ0) is 14.1. The van der Waals surface area contributed by atoms with Crippen LogP contribution in [0.25, 0.3) is 0 Å². The average Bonchev–Trinajstić information content (AvgIpc) is 2.31. The van der Waals surface area contributed by atoms with Gasteiger partial charge in [-0.2, -0.15) is 0 Å². The average molecular weight is 258 g/mol. The first-order chi connectivity index (χ1) is 8.36. The SMILES string of the molecule is C=C(C)C(=O)OCC(COC(C)C)OC(C)CC. The Kier molecular flexibility index (Phi) is 8.67. The third-order valence-corrected chi connectivity index (χ3v) is 2.36. The fraction of sp³-hybridized carbons (Fsp3) is 0.786. The van der Waals surface area contributed by atoms with Crippen LogP contribution in [0.1, 0.15) is 41.0 Å². The van der Waals surface area contributed by atoms with E-state index in [0.29, 0.717) is 12.2 Å². The van der Waals surface area contributed by atoms with E-state index in [2.05, 4.69) is 6.58 Å². The first kappa shape index (κ1) is 17.1. The Bertz CT molecular complexity index is 261. The van der Waals surface area contributed by atoms with E-state index in [9.17, 15) is 4.79 Å². The fourth-order valence-electron chi connectivity index (χ4n) is 1.14. The monoisotopic (exact) mass is 258 g/mol. The standard InChI is InChI=1S/C14H26O4/c1-7-12(6)18-13(8-16-11(4)5)9-17-14(15)10(2)3/h11-13H,2,7-9H2,1,3-6H3. The summed E-state index contributed by atoms with van der Waals surface area (Å²) in [6.07, 6.45) is 0.928. The van der Waals surface area contributed by atoms with E-state index in [-0.39, 0.29) is 24.9 Å². The van der Waals surface area contributed by atoms with Gasteiger partial charge < -0.3 is 14.2 Å². The molecule has 4 nitrogen and oxygen atoms in total. The Morgan fingerprint density at radius 1 is 1.22 bits per heavy atom. The maximum absolute atomic E-state index is 11.3. The molecular formula is C14H26O4. The molecule has 0 rings (SSSR count). The maximum atomic E-state index is 11.3. The molecule has 0 aliphatic heterocycles. The molecule has 0 bridgehead atoms. The molecule has 0 amide bonds. The molecule has 0 radical (unpaired) electrons. The minimum atomic E-state index is -0.391. The molecule has 106 valence electrons. The van der Waals surface area contributed by atoms with Gasteiger partial charge in [-0.05, 0) is 34.1 Å². The molecule has 0 aromatic carbocycles. The van der Waals surface area contributed by atoms with Gasteiger partial charge in [-0.25, -0.2) is 4.79 Å². The van der Waals surface area contributed by atoms with Gasteiger partial charge in [0.25, 0.3) is 0 Å². The highest BCUT2D eigenvalue weighted by molar-refractivity contribution is 5.86. The minimum Gasteiger partial charge on any atom is -0.459 e. The van der Waals surface area contributed by atoms with E-state index in [1.807, 2.05) is 27.7 Å². The number of esters is 1. The molecule has 0 saturated heterocycles. The smallest absolute Gasteiger partial charge is 0.333 e. The fourth-order valence-corrected chi connectivity index (χ4v) is 1.14. The van der Waals surface area contributed by atoms with Gasteiger partial charge in [-0.15, -0.1) is 0 Å². The zero-order valence-corrected chi connectivity index (χ0v) is 12.2. The molecule has 2 atom stereocenters. The van der Waals surface area contributed by atoms with Crippen molar-refractivity contribution in [3.8, 4) is 0 Å². The molecule has 2 unspecified atom stereocenters. The van der Waals surface area contributed by atoms with Crippen LogP contribution in [0.2, 0.25) is 0 Å². The molecule has 18 heavy (non-hydrogen) atoms. The van der Waals surface area contributed by atoms with Crippen LogP contribution < -0.4 is 0 Å². The summed E-state index contributed by atoms with van der Waals surface area (Å²) in [4.78, 5) is 11.3. The van der Waals surface area contributed by atoms with Crippen molar-refractivity contribution in [1.82, 2.24) is 0 Å². The molecule has 0 aromatic rings. The van der Waals surface area contributed by atoms with Crippen molar-refractivity contribution >= 4 is 5.97 Å². The van der Waals surface area contributed by atoms with E-state index in [1.54, 1.807) is 6.92 Å². The molecule has 4 heteroatoms. The number of carbonyl (C=O) groups excluding carboxylic acids is 1. The van der Waals surface area contributed by atoms with E-state index in [4.69, 9.17) is 14.2 Å². The van der Waals surface area contributed by atoms with Crippen molar-refractivity contribution in [2.75, 3.05) is 13.2 Å². The lowest BCUT2D eigenvalue weighted by Gasteiger charge is -2.22. The molecule has 0 spiro atoms. The van der Waals surface area contributed by atoms with E-state index >= 15 is 0 Å². The Morgan fingerprint density at radius 3 is 2.28 bits per heavy atom. The van der Waals surface area contributed by atoms with Crippen molar-refractivity contribution in [3.05, 3.63) is 12.2 Å². The Hall–Kier alpha value is -0.870. The topological polar surface area (TPSA) is 44.8 Å². The van der Waals surface area contributed by atoms with Gasteiger partial charge in [0.2, 0.25) is 0 Å². The van der Waals surface area contributed by atoms with Crippen molar-refractivity contribution in [2.24, 2.45) is 0 Å². The lowest BCUT2D eigenvalue weighted by Crippen LogP contribution is -2.31. The van der Waals surface area contributed by atoms with Gasteiger partial charge in [0.1, 0.15) is 12.7 Å². The third-order valence-electron chi connectivity index (χ3n) is 2.36. The Morgan fingerprint density at radius 2 is 1.83 bits per heavy atom. The van der Waals surface area contributed by atoms with E-state index in [1.165, 1.54) is 0 Å². The van der Waals surface area contributed by atoms with Crippen molar-refractivity contribution in [1.29, 1.82) is 0 Å². The largest absolute Gasteiger partial charge is 0.459 e. The molecule has 0 saturated carbocycles. The summed E-state index contributed by atoms with van der Waals surface area (Å²) < 4.78 is 16.4. The maximum Gasteiger partial charge on any atom is 0.333 e. The number of carbonyl (C=O) groups is 1. The zero-order valence-electron chi connectivity index (χ0n) is 12.2. The van der Waals surface area contributed by atoms with E-state index in [0.717, 1.165) is 6.42 Å². The van der Waals surface area contributed by atoms with Crippen LogP contribution in [-0.2, 0) is 19.0 Å². The molecule has 0 fully saturated rings. The van der Waals surface area contributed by atoms with Crippen molar-refractivity contribution in [3.63, 3.8) is 0 Å². The summed E-state index contributed by atoms with van der Waals surface area (Å²) in [6.45, 7) is 13.7.